The SMILES string of the molecule is Cn1c(=O)n(C)c2cc(N3CC(C(=O)O)C(=O)N(Cc4cccc(C(F)(F)F)c4Cl)C3=O)ccc21. The molecule has 1 aromatic heterocycles. The number of fused-ring (bicyclic) bond motifs is 1. The molecule has 1 aliphatic rings. The highest BCUT2D eigenvalue weighted by Gasteiger charge is 2.44. The van der Waals surface area contributed by atoms with E-state index in [1.165, 1.54) is 34.4 Å². The van der Waals surface area contributed by atoms with Crippen LogP contribution in [0.25, 0.3) is 11.0 Å². The lowest BCUT2D eigenvalue weighted by Gasteiger charge is -2.37. The number of alkyl halides is 3. The number of carboxylic acid groups (broad SMARTS) is 1. The minimum absolute atomic E-state index is 0.171. The van der Waals surface area contributed by atoms with Gasteiger partial charge in [-0.05, 0) is 29.8 Å². The number of halogens is 4. The van der Waals surface area contributed by atoms with Gasteiger partial charge in [-0.15, -0.1) is 0 Å². The third-order valence-corrected chi connectivity index (χ3v) is 6.42. The molecule has 1 N–H and O–H groups in total. The van der Waals surface area contributed by atoms with Crippen LogP contribution in [0.15, 0.2) is 41.2 Å². The molecule has 1 saturated heterocycles. The van der Waals surface area contributed by atoms with E-state index in [9.17, 15) is 37.5 Å². The summed E-state index contributed by atoms with van der Waals surface area (Å²) in [5, 5.41) is 8.91. The molecule has 184 valence electrons. The standard InChI is InChI=1S/C22H18ClF3N4O5/c1-27-15-7-6-12(8-16(15)28(2)20(27)34)29-10-13(19(32)33)18(31)30(21(29)35)9-11-4-3-5-14(17(11)23)22(24,25)26/h3-8,13H,9-10H2,1-2H3,(H,32,33). The number of rotatable bonds is 4. The van der Waals surface area contributed by atoms with Gasteiger partial charge in [0.25, 0.3) is 0 Å². The highest BCUT2D eigenvalue weighted by Crippen LogP contribution is 2.37. The third-order valence-electron chi connectivity index (χ3n) is 5.97. The number of aromatic nitrogens is 2. The van der Waals surface area contributed by atoms with E-state index >= 15 is 0 Å². The summed E-state index contributed by atoms with van der Waals surface area (Å²) < 4.78 is 42.5. The van der Waals surface area contributed by atoms with Crippen LogP contribution < -0.4 is 10.6 Å². The Hall–Kier alpha value is -3.80. The molecule has 2 heterocycles. The van der Waals surface area contributed by atoms with E-state index in [4.69, 9.17) is 11.6 Å². The predicted octanol–water partition coefficient (Wildman–Crippen LogP) is 3.22. The normalized spacial score (nSPS) is 16.9. The molecule has 0 aliphatic carbocycles. The average Bonchev–Trinajstić information content (AvgIpc) is 3.00. The van der Waals surface area contributed by atoms with Gasteiger partial charge in [0.05, 0.1) is 28.2 Å². The molecule has 1 aliphatic heterocycles. The number of urea groups is 1. The quantitative estimate of drug-likeness (QED) is 0.543. The number of hydrogen-bond donors (Lipinski definition) is 1. The summed E-state index contributed by atoms with van der Waals surface area (Å²) in [7, 11) is 3.09. The molecule has 1 atom stereocenters. The molecule has 1 unspecified atom stereocenters. The van der Waals surface area contributed by atoms with Crippen LogP contribution in [-0.2, 0) is 36.4 Å². The van der Waals surface area contributed by atoms with Gasteiger partial charge < -0.3 is 5.11 Å². The molecule has 0 bridgehead atoms. The van der Waals surface area contributed by atoms with Crippen molar-refractivity contribution in [2.24, 2.45) is 20.0 Å². The van der Waals surface area contributed by atoms with Gasteiger partial charge >= 0.3 is 23.9 Å². The Morgan fingerprint density at radius 1 is 1.09 bits per heavy atom. The van der Waals surface area contributed by atoms with Crippen molar-refractivity contribution in [3.63, 3.8) is 0 Å². The predicted molar refractivity (Wildman–Crippen MR) is 119 cm³/mol. The van der Waals surface area contributed by atoms with Crippen molar-refractivity contribution in [1.82, 2.24) is 14.0 Å². The molecule has 3 aromatic rings. The number of carbonyl (C=O) groups excluding carboxylic acids is 2. The van der Waals surface area contributed by atoms with E-state index in [1.807, 2.05) is 0 Å². The van der Waals surface area contributed by atoms with E-state index < -0.39 is 53.7 Å². The number of hydrogen-bond acceptors (Lipinski definition) is 4. The van der Waals surface area contributed by atoms with Crippen molar-refractivity contribution < 1.29 is 32.7 Å². The Bertz CT molecular complexity index is 1450. The van der Waals surface area contributed by atoms with Crippen LogP contribution in [0, 0.1) is 5.92 Å². The minimum atomic E-state index is -4.76. The van der Waals surface area contributed by atoms with Gasteiger partial charge in [-0.2, -0.15) is 13.2 Å². The lowest BCUT2D eigenvalue weighted by molar-refractivity contribution is -0.150. The van der Waals surface area contributed by atoms with Gasteiger partial charge in [-0.1, -0.05) is 23.7 Å². The van der Waals surface area contributed by atoms with Crippen molar-refractivity contribution in [3.05, 3.63) is 63.0 Å². The Morgan fingerprint density at radius 3 is 2.37 bits per heavy atom. The highest BCUT2D eigenvalue weighted by molar-refractivity contribution is 6.32. The van der Waals surface area contributed by atoms with Crippen LogP contribution in [0.2, 0.25) is 5.02 Å². The molecular weight excluding hydrogens is 493 g/mol. The molecule has 35 heavy (non-hydrogen) atoms. The monoisotopic (exact) mass is 510 g/mol. The number of imide groups is 1. The number of benzene rings is 2. The summed E-state index contributed by atoms with van der Waals surface area (Å²) in [5.41, 5.74) is -0.405. The Labute approximate surface area is 200 Å². The van der Waals surface area contributed by atoms with Gasteiger partial charge in [-0.3, -0.25) is 28.5 Å². The van der Waals surface area contributed by atoms with Gasteiger partial charge in [0.2, 0.25) is 5.91 Å². The topological polar surface area (TPSA) is 105 Å². The van der Waals surface area contributed by atoms with Gasteiger partial charge in [0.15, 0.2) is 5.92 Å². The van der Waals surface area contributed by atoms with Crippen molar-refractivity contribution in [3.8, 4) is 0 Å². The smallest absolute Gasteiger partial charge is 0.417 e. The summed E-state index contributed by atoms with van der Waals surface area (Å²) in [6.07, 6.45) is -4.76. The van der Waals surface area contributed by atoms with Crippen LogP contribution in [0.1, 0.15) is 11.1 Å². The number of aliphatic carboxylic acids is 1. The molecule has 1 fully saturated rings. The molecule has 9 nitrogen and oxygen atoms in total. The number of amides is 3. The second kappa shape index (κ2) is 8.45. The van der Waals surface area contributed by atoms with Crippen LogP contribution in [0.3, 0.4) is 0 Å². The fourth-order valence-corrected chi connectivity index (χ4v) is 4.36. The third kappa shape index (κ3) is 4.03. The number of aryl methyl sites for hydroxylation is 2. The van der Waals surface area contributed by atoms with Crippen molar-refractivity contribution >= 4 is 46.2 Å². The molecule has 0 saturated carbocycles. The van der Waals surface area contributed by atoms with Crippen molar-refractivity contribution in [2.45, 2.75) is 12.7 Å². The fraction of sp³-hybridized carbons (Fsp3) is 0.273. The number of nitrogens with zero attached hydrogens (tertiary/aromatic N) is 4. The fourth-order valence-electron chi connectivity index (χ4n) is 4.07. The van der Waals surface area contributed by atoms with Crippen LogP contribution in [0.5, 0.6) is 0 Å². The van der Waals surface area contributed by atoms with Crippen molar-refractivity contribution in [2.75, 3.05) is 11.4 Å². The molecule has 4 rings (SSSR count). The Balaban J connectivity index is 1.77. The van der Waals surface area contributed by atoms with Gasteiger partial charge in [0, 0.05) is 26.3 Å². The first-order chi connectivity index (χ1) is 16.3. The Kier molecular flexibility index (Phi) is 5.87. The molecular formula is C22H18ClF3N4O5. The number of imidazole rings is 1. The lowest BCUT2D eigenvalue weighted by Crippen LogP contribution is -2.58. The number of carbonyl (C=O) groups is 3. The highest BCUT2D eigenvalue weighted by atomic mass is 35.5. The first-order valence-electron chi connectivity index (χ1n) is 10.2. The van der Waals surface area contributed by atoms with Crippen molar-refractivity contribution in [1.29, 1.82) is 0 Å². The van der Waals surface area contributed by atoms with E-state index in [-0.39, 0.29) is 16.9 Å². The minimum Gasteiger partial charge on any atom is -0.481 e. The van der Waals surface area contributed by atoms with E-state index in [0.717, 1.165) is 17.0 Å². The largest absolute Gasteiger partial charge is 0.481 e. The molecule has 0 spiro atoms. The summed E-state index contributed by atoms with van der Waals surface area (Å²) in [5.74, 6) is -4.23. The maximum absolute atomic E-state index is 13.3. The Morgan fingerprint density at radius 2 is 1.74 bits per heavy atom. The molecule has 13 heteroatoms. The second-order valence-corrected chi connectivity index (χ2v) is 8.44. The van der Waals surface area contributed by atoms with Gasteiger partial charge in [0.1, 0.15) is 0 Å². The van der Waals surface area contributed by atoms with Gasteiger partial charge in [-0.25, -0.2) is 9.59 Å². The first kappa shape index (κ1) is 24.3. The zero-order chi connectivity index (χ0) is 25.8. The number of anilines is 1. The maximum Gasteiger partial charge on any atom is 0.417 e. The second-order valence-electron chi connectivity index (χ2n) is 8.06. The average molecular weight is 511 g/mol. The molecule has 3 amide bonds. The lowest BCUT2D eigenvalue weighted by atomic mass is 10.0. The molecule has 0 radical (unpaired) electrons. The maximum atomic E-state index is 13.3. The summed E-state index contributed by atoms with van der Waals surface area (Å²) in [6, 6.07) is 6.69. The van der Waals surface area contributed by atoms with Crippen LogP contribution in [-0.4, -0.2) is 43.6 Å². The zero-order valence-corrected chi connectivity index (χ0v) is 19.1. The van der Waals surface area contributed by atoms with Crippen LogP contribution >= 0.6 is 11.6 Å². The molecule has 2 aromatic carbocycles. The van der Waals surface area contributed by atoms with E-state index in [2.05, 4.69) is 0 Å². The first-order valence-corrected chi connectivity index (χ1v) is 10.6. The summed E-state index contributed by atoms with van der Waals surface area (Å²) in [4.78, 5) is 51.8. The number of carboxylic acids is 1. The van der Waals surface area contributed by atoms with E-state index in [0.29, 0.717) is 15.9 Å². The van der Waals surface area contributed by atoms with Crippen LogP contribution in [0.4, 0.5) is 23.7 Å². The zero-order valence-electron chi connectivity index (χ0n) is 18.3. The summed E-state index contributed by atoms with van der Waals surface area (Å²) >= 11 is 5.93. The summed E-state index contributed by atoms with van der Waals surface area (Å²) in [6.45, 7) is -1.15. The van der Waals surface area contributed by atoms with E-state index in [1.54, 1.807) is 13.1 Å².